The van der Waals surface area contributed by atoms with Crippen molar-refractivity contribution in [2.45, 2.75) is 33.2 Å². The van der Waals surface area contributed by atoms with Gasteiger partial charge in [0.1, 0.15) is 0 Å². The standard InChI is InChI=1S/C14H22N2O/c1-5-15-14(17)16(4)12(3)10-13-8-6-11(2)7-9-13/h6-9,12H,5,10H2,1-4H3,(H,15,17)/t12-/m1/s1. The first-order valence-corrected chi connectivity index (χ1v) is 6.10. The fraction of sp³-hybridized carbons (Fsp3) is 0.500. The smallest absolute Gasteiger partial charge is 0.317 e. The summed E-state index contributed by atoms with van der Waals surface area (Å²) in [6, 6.07) is 8.65. The van der Waals surface area contributed by atoms with E-state index < -0.39 is 0 Å². The zero-order chi connectivity index (χ0) is 12.8. The molecule has 0 aliphatic rings. The Labute approximate surface area is 104 Å². The van der Waals surface area contributed by atoms with Gasteiger partial charge in [-0.15, -0.1) is 0 Å². The number of urea groups is 1. The quantitative estimate of drug-likeness (QED) is 0.853. The van der Waals surface area contributed by atoms with Gasteiger partial charge in [0.2, 0.25) is 0 Å². The van der Waals surface area contributed by atoms with Crippen molar-refractivity contribution in [3.05, 3.63) is 35.4 Å². The molecule has 1 aromatic carbocycles. The Morgan fingerprint density at radius 1 is 1.35 bits per heavy atom. The maximum absolute atomic E-state index is 11.6. The molecular formula is C14H22N2O. The fourth-order valence-corrected chi connectivity index (χ4v) is 1.68. The van der Waals surface area contributed by atoms with E-state index in [9.17, 15) is 4.79 Å². The first-order valence-electron chi connectivity index (χ1n) is 6.10. The van der Waals surface area contributed by atoms with Crippen LogP contribution in [0.3, 0.4) is 0 Å². The van der Waals surface area contributed by atoms with Gasteiger partial charge in [0.15, 0.2) is 0 Å². The summed E-state index contributed by atoms with van der Waals surface area (Å²) in [6.07, 6.45) is 0.883. The predicted octanol–water partition coefficient (Wildman–Crippen LogP) is 2.59. The van der Waals surface area contributed by atoms with Crippen LogP contribution in [0.25, 0.3) is 0 Å². The lowest BCUT2D eigenvalue weighted by atomic mass is 10.1. The van der Waals surface area contributed by atoms with Crippen molar-refractivity contribution in [1.29, 1.82) is 0 Å². The van der Waals surface area contributed by atoms with Gasteiger partial charge in [-0.3, -0.25) is 0 Å². The zero-order valence-electron chi connectivity index (χ0n) is 11.2. The minimum absolute atomic E-state index is 0.00730. The van der Waals surface area contributed by atoms with Crippen LogP contribution in [0.15, 0.2) is 24.3 Å². The molecule has 0 unspecified atom stereocenters. The maximum atomic E-state index is 11.6. The average Bonchev–Trinajstić information content (AvgIpc) is 2.31. The second-order valence-electron chi connectivity index (χ2n) is 4.49. The lowest BCUT2D eigenvalue weighted by Crippen LogP contribution is -2.43. The van der Waals surface area contributed by atoms with Crippen molar-refractivity contribution in [1.82, 2.24) is 10.2 Å². The number of benzene rings is 1. The normalized spacial score (nSPS) is 12.0. The fourth-order valence-electron chi connectivity index (χ4n) is 1.68. The van der Waals surface area contributed by atoms with E-state index >= 15 is 0 Å². The van der Waals surface area contributed by atoms with Gasteiger partial charge in [-0.1, -0.05) is 29.8 Å². The third-order valence-electron chi connectivity index (χ3n) is 2.96. The Hall–Kier alpha value is -1.51. The highest BCUT2D eigenvalue weighted by Crippen LogP contribution is 2.09. The van der Waals surface area contributed by atoms with Gasteiger partial charge in [0, 0.05) is 19.6 Å². The summed E-state index contributed by atoms with van der Waals surface area (Å²) in [5, 5.41) is 2.81. The molecule has 0 heterocycles. The Balaban J connectivity index is 2.56. The number of amides is 2. The van der Waals surface area contributed by atoms with E-state index in [0.717, 1.165) is 6.42 Å². The molecule has 3 heteroatoms. The van der Waals surface area contributed by atoms with Crippen LogP contribution in [0.5, 0.6) is 0 Å². The van der Waals surface area contributed by atoms with Gasteiger partial charge in [-0.2, -0.15) is 0 Å². The molecule has 0 saturated heterocycles. The SMILES string of the molecule is CCNC(=O)N(C)[C@H](C)Cc1ccc(C)cc1. The van der Waals surface area contributed by atoms with E-state index in [2.05, 4.69) is 43.4 Å². The summed E-state index contributed by atoms with van der Waals surface area (Å²) in [6.45, 7) is 6.74. The summed E-state index contributed by atoms with van der Waals surface area (Å²) in [5.41, 5.74) is 2.53. The van der Waals surface area contributed by atoms with Crippen molar-refractivity contribution in [2.24, 2.45) is 0 Å². The van der Waals surface area contributed by atoms with Crippen LogP contribution in [0, 0.1) is 6.92 Å². The van der Waals surface area contributed by atoms with E-state index in [1.807, 2.05) is 14.0 Å². The number of rotatable bonds is 4. The summed E-state index contributed by atoms with van der Waals surface area (Å²) in [4.78, 5) is 13.4. The largest absolute Gasteiger partial charge is 0.338 e. The zero-order valence-corrected chi connectivity index (χ0v) is 11.2. The maximum Gasteiger partial charge on any atom is 0.317 e. The predicted molar refractivity (Wildman–Crippen MR) is 71.2 cm³/mol. The van der Waals surface area contributed by atoms with E-state index in [4.69, 9.17) is 0 Å². The summed E-state index contributed by atoms with van der Waals surface area (Å²) >= 11 is 0. The van der Waals surface area contributed by atoms with E-state index in [1.165, 1.54) is 11.1 Å². The number of carbonyl (C=O) groups excluding carboxylic acids is 1. The summed E-state index contributed by atoms with van der Waals surface area (Å²) < 4.78 is 0. The van der Waals surface area contributed by atoms with Crippen molar-refractivity contribution in [2.75, 3.05) is 13.6 Å². The van der Waals surface area contributed by atoms with Gasteiger partial charge in [-0.05, 0) is 32.8 Å². The Morgan fingerprint density at radius 2 is 1.94 bits per heavy atom. The summed E-state index contributed by atoms with van der Waals surface area (Å²) in [5.74, 6) is 0. The van der Waals surface area contributed by atoms with Gasteiger partial charge in [0.05, 0.1) is 0 Å². The molecule has 2 amide bonds. The van der Waals surface area contributed by atoms with Crippen LogP contribution >= 0.6 is 0 Å². The molecule has 0 aliphatic heterocycles. The first-order chi connectivity index (χ1) is 8.04. The molecule has 1 rings (SSSR count). The van der Waals surface area contributed by atoms with Gasteiger partial charge < -0.3 is 10.2 Å². The molecule has 1 aromatic rings. The highest BCUT2D eigenvalue weighted by molar-refractivity contribution is 5.74. The van der Waals surface area contributed by atoms with Crippen LogP contribution in [0.1, 0.15) is 25.0 Å². The molecule has 1 atom stereocenters. The molecule has 0 radical (unpaired) electrons. The highest BCUT2D eigenvalue weighted by Gasteiger charge is 2.14. The molecule has 0 aliphatic carbocycles. The number of likely N-dealkylation sites (N-methyl/N-ethyl adjacent to an activating group) is 1. The van der Waals surface area contributed by atoms with Gasteiger partial charge in [-0.25, -0.2) is 4.79 Å². The number of hydrogen-bond acceptors (Lipinski definition) is 1. The second kappa shape index (κ2) is 6.28. The minimum Gasteiger partial charge on any atom is -0.338 e. The molecule has 0 fully saturated rings. The number of carbonyl (C=O) groups is 1. The molecule has 0 saturated carbocycles. The molecule has 17 heavy (non-hydrogen) atoms. The third kappa shape index (κ3) is 4.10. The number of aryl methyl sites for hydroxylation is 1. The van der Waals surface area contributed by atoms with Crippen LogP contribution in [-0.2, 0) is 6.42 Å². The Kier molecular flexibility index (Phi) is 5.01. The van der Waals surface area contributed by atoms with Crippen LogP contribution in [0.2, 0.25) is 0 Å². The molecule has 94 valence electrons. The van der Waals surface area contributed by atoms with E-state index in [1.54, 1.807) is 4.90 Å². The van der Waals surface area contributed by atoms with Crippen molar-refractivity contribution >= 4 is 6.03 Å². The van der Waals surface area contributed by atoms with Crippen molar-refractivity contribution in [3.8, 4) is 0 Å². The number of nitrogens with one attached hydrogen (secondary N) is 1. The topological polar surface area (TPSA) is 32.3 Å². The number of nitrogens with zero attached hydrogens (tertiary/aromatic N) is 1. The van der Waals surface area contributed by atoms with Crippen LogP contribution in [-0.4, -0.2) is 30.6 Å². The minimum atomic E-state index is -0.00730. The molecule has 0 spiro atoms. The van der Waals surface area contributed by atoms with Gasteiger partial charge >= 0.3 is 6.03 Å². The molecule has 0 bridgehead atoms. The molecular weight excluding hydrogens is 212 g/mol. The molecule has 1 N–H and O–H groups in total. The Morgan fingerprint density at radius 3 is 2.47 bits per heavy atom. The third-order valence-corrected chi connectivity index (χ3v) is 2.96. The monoisotopic (exact) mass is 234 g/mol. The van der Waals surface area contributed by atoms with E-state index in [-0.39, 0.29) is 12.1 Å². The van der Waals surface area contributed by atoms with Crippen molar-refractivity contribution < 1.29 is 4.79 Å². The van der Waals surface area contributed by atoms with Crippen LogP contribution in [0.4, 0.5) is 4.79 Å². The summed E-state index contributed by atoms with van der Waals surface area (Å²) in [7, 11) is 1.84. The lowest BCUT2D eigenvalue weighted by molar-refractivity contribution is 0.194. The van der Waals surface area contributed by atoms with Crippen LogP contribution < -0.4 is 5.32 Å². The van der Waals surface area contributed by atoms with Crippen molar-refractivity contribution in [3.63, 3.8) is 0 Å². The lowest BCUT2D eigenvalue weighted by Gasteiger charge is -2.25. The van der Waals surface area contributed by atoms with Gasteiger partial charge in [0.25, 0.3) is 0 Å². The Bertz CT molecular complexity index is 359. The average molecular weight is 234 g/mol. The number of hydrogen-bond donors (Lipinski definition) is 1. The first kappa shape index (κ1) is 13.6. The second-order valence-corrected chi connectivity index (χ2v) is 4.49. The van der Waals surface area contributed by atoms with E-state index in [0.29, 0.717) is 6.54 Å². The highest BCUT2D eigenvalue weighted by atomic mass is 16.2. The molecule has 3 nitrogen and oxygen atoms in total. The molecule has 0 aromatic heterocycles.